The Labute approximate surface area is 149 Å². The van der Waals surface area contributed by atoms with Crippen molar-refractivity contribution in [3.63, 3.8) is 0 Å². The molecule has 0 saturated heterocycles. The van der Waals surface area contributed by atoms with Gasteiger partial charge in [0.05, 0.1) is 13.2 Å². The molecule has 1 amide bonds. The van der Waals surface area contributed by atoms with Gasteiger partial charge in [-0.15, -0.1) is 0 Å². The van der Waals surface area contributed by atoms with Crippen molar-refractivity contribution in [2.75, 3.05) is 29.9 Å². The molecule has 0 aliphatic carbocycles. The van der Waals surface area contributed by atoms with Gasteiger partial charge in [0.15, 0.2) is 0 Å². The zero-order valence-corrected chi connectivity index (χ0v) is 14.8. The minimum atomic E-state index is 0.0105. The highest BCUT2D eigenvalue weighted by Gasteiger charge is 2.18. The Hall–Kier alpha value is -2.49. The molecule has 2 aromatic carbocycles. The lowest BCUT2D eigenvalue weighted by molar-refractivity contribution is -0.115. The van der Waals surface area contributed by atoms with Crippen LogP contribution in [0, 0.1) is 0 Å². The van der Waals surface area contributed by atoms with Gasteiger partial charge in [-0.2, -0.15) is 0 Å². The molecular formula is C21H26N2O2. The van der Waals surface area contributed by atoms with E-state index in [-0.39, 0.29) is 5.91 Å². The highest BCUT2D eigenvalue weighted by molar-refractivity contribution is 5.94. The summed E-state index contributed by atoms with van der Waals surface area (Å²) in [7, 11) is 0. The van der Waals surface area contributed by atoms with Gasteiger partial charge in [-0.05, 0) is 55.2 Å². The maximum atomic E-state index is 12.4. The van der Waals surface area contributed by atoms with Gasteiger partial charge < -0.3 is 15.0 Å². The van der Waals surface area contributed by atoms with Gasteiger partial charge in [-0.1, -0.05) is 31.5 Å². The standard InChI is InChI=1S/C21H26N2O2/c1-2-3-15-25-19-12-10-18(11-13-19)22-21(24)16-23-14-6-8-17-7-4-5-9-20(17)23/h4-5,7,9-13H,2-3,6,8,14-16H2,1H3,(H,22,24). The van der Waals surface area contributed by atoms with Gasteiger partial charge in [0.2, 0.25) is 5.91 Å². The van der Waals surface area contributed by atoms with Gasteiger partial charge in [-0.3, -0.25) is 4.79 Å². The fraction of sp³-hybridized carbons (Fsp3) is 0.381. The molecule has 4 heteroatoms. The van der Waals surface area contributed by atoms with Crippen molar-refractivity contribution in [3.8, 4) is 5.75 Å². The molecular weight excluding hydrogens is 312 g/mol. The zero-order valence-electron chi connectivity index (χ0n) is 14.8. The number of ether oxygens (including phenoxy) is 1. The third kappa shape index (κ3) is 4.75. The number of carbonyl (C=O) groups excluding carboxylic acids is 1. The maximum Gasteiger partial charge on any atom is 0.243 e. The van der Waals surface area contributed by atoms with Crippen LogP contribution in [0.3, 0.4) is 0 Å². The van der Waals surface area contributed by atoms with Crippen LogP contribution in [0.1, 0.15) is 31.7 Å². The van der Waals surface area contributed by atoms with Crippen LogP contribution in [0.5, 0.6) is 5.75 Å². The molecule has 3 rings (SSSR count). The fourth-order valence-corrected chi connectivity index (χ4v) is 3.12. The Morgan fingerprint density at radius 2 is 1.96 bits per heavy atom. The van der Waals surface area contributed by atoms with E-state index in [4.69, 9.17) is 4.74 Å². The van der Waals surface area contributed by atoms with Gasteiger partial charge in [0, 0.05) is 17.9 Å². The summed E-state index contributed by atoms with van der Waals surface area (Å²) in [6.07, 6.45) is 4.35. The molecule has 1 aliphatic heterocycles. The lowest BCUT2D eigenvalue weighted by Crippen LogP contribution is -2.36. The minimum absolute atomic E-state index is 0.0105. The first-order valence-corrected chi connectivity index (χ1v) is 9.12. The van der Waals surface area contributed by atoms with Gasteiger partial charge in [0.25, 0.3) is 0 Å². The van der Waals surface area contributed by atoms with Gasteiger partial charge in [0.1, 0.15) is 5.75 Å². The first-order chi connectivity index (χ1) is 12.3. The largest absolute Gasteiger partial charge is 0.494 e. The lowest BCUT2D eigenvalue weighted by atomic mass is 10.0. The molecule has 0 atom stereocenters. The van der Waals surface area contributed by atoms with E-state index in [2.05, 4.69) is 35.3 Å². The van der Waals surface area contributed by atoms with E-state index >= 15 is 0 Å². The third-order valence-corrected chi connectivity index (χ3v) is 4.45. The number of rotatable bonds is 7. The first-order valence-electron chi connectivity index (χ1n) is 9.12. The Balaban J connectivity index is 1.55. The molecule has 1 heterocycles. The second-order valence-corrected chi connectivity index (χ2v) is 6.43. The average Bonchev–Trinajstić information content (AvgIpc) is 2.64. The van der Waals surface area contributed by atoms with Crippen LogP contribution in [-0.4, -0.2) is 25.6 Å². The molecule has 4 nitrogen and oxygen atoms in total. The number of para-hydroxylation sites is 1. The fourth-order valence-electron chi connectivity index (χ4n) is 3.12. The predicted octanol–water partition coefficient (Wildman–Crippen LogP) is 4.26. The van der Waals surface area contributed by atoms with Crippen molar-refractivity contribution in [3.05, 3.63) is 54.1 Å². The summed E-state index contributed by atoms with van der Waals surface area (Å²) in [5.74, 6) is 0.854. The second kappa shape index (κ2) is 8.56. The molecule has 0 radical (unpaired) electrons. The molecule has 0 saturated carbocycles. The number of hydrogen-bond donors (Lipinski definition) is 1. The zero-order chi connectivity index (χ0) is 17.5. The number of nitrogens with zero attached hydrogens (tertiary/aromatic N) is 1. The normalized spacial score (nSPS) is 13.2. The van der Waals surface area contributed by atoms with Crippen molar-refractivity contribution in [2.24, 2.45) is 0 Å². The molecule has 0 spiro atoms. The number of nitrogens with one attached hydrogen (secondary N) is 1. The summed E-state index contributed by atoms with van der Waals surface area (Å²) in [6, 6.07) is 15.9. The predicted molar refractivity (Wildman–Crippen MR) is 102 cm³/mol. The van der Waals surface area contributed by atoms with Crippen molar-refractivity contribution < 1.29 is 9.53 Å². The van der Waals surface area contributed by atoms with E-state index in [0.29, 0.717) is 6.54 Å². The van der Waals surface area contributed by atoms with E-state index in [1.165, 1.54) is 11.3 Å². The summed E-state index contributed by atoms with van der Waals surface area (Å²) in [5.41, 5.74) is 3.32. The van der Waals surface area contributed by atoms with Crippen LogP contribution < -0.4 is 15.0 Å². The molecule has 0 unspecified atom stereocenters. The number of fused-ring (bicyclic) bond motifs is 1. The highest BCUT2D eigenvalue weighted by atomic mass is 16.5. The van der Waals surface area contributed by atoms with E-state index in [9.17, 15) is 4.79 Å². The molecule has 1 aliphatic rings. The highest BCUT2D eigenvalue weighted by Crippen LogP contribution is 2.26. The smallest absolute Gasteiger partial charge is 0.243 e. The summed E-state index contributed by atoms with van der Waals surface area (Å²) in [6.45, 7) is 4.18. The van der Waals surface area contributed by atoms with Crippen molar-refractivity contribution in [1.29, 1.82) is 0 Å². The maximum absolute atomic E-state index is 12.4. The molecule has 0 fully saturated rings. The topological polar surface area (TPSA) is 41.6 Å². The van der Waals surface area contributed by atoms with Crippen LogP contribution in [0.2, 0.25) is 0 Å². The molecule has 2 aromatic rings. The summed E-state index contributed by atoms with van der Waals surface area (Å²) in [4.78, 5) is 14.6. The minimum Gasteiger partial charge on any atom is -0.494 e. The van der Waals surface area contributed by atoms with Crippen molar-refractivity contribution in [1.82, 2.24) is 0 Å². The first kappa shape index (κ1) is 17.3. The summed E-state index contributed by atoms with van der Waals surface area (Å²) in [5, 5.41) is 2.98. The lowest BCUT2D eigenvalue weighted by Gasteiger charge is -2.30. The third-order valence-electron chi connectivity index (χ3n) is 4.45. The van der Waals surface area contributed by atoms with E-state index in [0.717, 1.165) is 50.3 Å². The monoisotopic (exact) mass is 338 g/mol. The van der Waals surface area contributed by atoms with Gasteiger partial charge in [-0.25, -0.2) is 0 Å². The SMILES string of the molecule is CCCCOc1ccc(NC(=O)CN2CCCc3ccccc32)cc1. The number of carbonyl (C=O) groups is 1. The van der Waals surface area contributed by atoms with Gasteiger partial charge >= 0.3 is 0 Å². The number of hydrogen-bond acceptors (Lipinski definition) is 3. The molecule has 1 N–H and O–H groups in total. The molecule has 0 aromatic heterocycles. The van der Waals surface area contributed by atoms with Crippen molar-refractivity contribution >= 4 is 17.3 Å². The van der Waals surface area contributed by atoms with E-state index in [1.807, 2.05) is 30.3 Å². The number of anilines is 2. The average molecular weight is 338 g/mol. The summed E-state index contributed by atoms with van der Waals surface area (Å²) < 4.78 is 5.65. The van der Waals surface area contributed by atoms with Crippen LogP contribution >= 0.6 is 0 Å². The Morgan fingerprint density at radius 1 is 1.16 bits per heavy atom. The van der Waals surface area contributed by atoms with Crippen LogP contribution in [0.15, 0.2) is 48.5 Å². The number of unbranched alkanes of at least 4 members (excludes halogenated alkanes) is 1. The molecule has 0 bridgehead atoms. The van der Waals surface area contributed by atoms with Crippen LogP contribution in [-0.2, 0) is 11.2 Å². The Morgan fingerprint density at radius 3 is 2.76 bits per heavy atom. The van der Waals surface area contributed by atoms with Crippen LogP contribution in [0.4, 0.5) is 11.4 Å². The van der Waals surface area contributed by atoms with E-state index in [1.54, 1.807) is 0 Å². The van der Waals surface area contributed by atoms with Crippen molar-refractivity contribution in [2.45, 2.75) is 32.6 Å². The Kier molecular flexibility index (Phi) is 5.94. The quantitative estimate of drug-likeness (QED) is 0.767. The summed E-state index contributed by atoms with van der Waals surface area (Å²) >= 11 is 0. The van der Waals surface area contributed by atoms with E-state index < -0.39 is 0 Å². The molecule has 25 heavy (non-hydrogen) atoms. The number of aryl methyl sites for hydroxylation is 1. The second-order valence-electron chi connectivity index (χ2n) is 6.43. The number of amides is 1. The van der Waals surface area contributed by atoms with Crippen LogP contribution in [0.25, 0.3) is 0 Å². The molecule has 132 valence electrons. The Bertz CT molecular complexity index is 697. The number of benzene rings is 2.